The zero-order valence-electron chi connectivity index (χ0n) is 14.1. The minimum absolute atomic E-state index is 0.155. The van der Waals surface area contributed by atoms with Crippen molar-refractivity contribution in [1.82, 2.24) is 19.2 Å². The van der Waals surface area contributed by atoms with E-state index in [1.807, 2.05) is 0 Å². The minimum atomic E-state index is -1.03. The third-order valence-electron chi connectivity index (χ3n) is 4.66. The maximum absolute atomic E-state index is 12.9. The Bertz CT molecular complexity index is 1050. The van der Waals surface area contributed by atoms with E-state index in [1.165, 1.54) is 4.57 Å². The highest BCUT2D eigenvalue weighted by Gasteiger charge is 2.25. The molecular formula is C17H18N4O5. The average molecular weight is 358 g/mol. The molecule has 2 aromatic heterocycles. The molecule has 9 heteroatoms. The van der Waals surface area contributed by atoms with Crippen LogP contribution in [0.4, 0.5) is 0 Å². The van der Waals surface area contributed by atoms with E-state index in [-0.39, 0.29) is 5.91 Å². The minimum Gasteiger partial charge on any atom is -0.408 e. The summed E-state index contributed by atoms with van der Waals surface area (Å²) in [6.45, 7) is 0.936. The van der Waals surface area contributed by atoms with Crippen molar-refractivity contribution in [1.29, 1.82) is 0 Å². The Morgan fingerprint density at radius 2 is 2.15 bits per heavy atom. The Labute approximate surface area is 147 Å². The second-order valence-corrected chi connectivity index (χ2v) is 6.32. The van der Waals surface area contributed by atoms with Crippen LogP contribution in [0.15, 0.2) is 33.5 Å². The van der Waals surface area contributed by atoms with Crippen LogP contribution in [0.5, 0.6) is 0 Å². The fourth-order valence-electron chi connectivity index (χ4n) is 3.16. The Hall–Kier alpha value is -2.91. The molecule has 1 atom stereocenters. The number of nitrogens with zero attached hydrogens (tertiary/aromatic N) is 4. The lowest BCUT2D eigenvalue weighted by molar-refractivity contribution is 0.0705. The summed E-state index contributed by atoms with van der Waals surface area (Å²) in [5.41, 5.74) is 2.66. The predicted octanol–water partition coefficient (Wildman–Crippen LogP) is 0.00970. The predicted molar refractivity (Wildman–Crippen MR) is 90.5 cm³/mol. The van der Waals surface area contributed by atoms with Gasteiger partial charge in [-0.1, -0.05) is 0 Å². The van der Waals surface area contributed by atoms with Gasteiger partial charge >= 0.3 is 5.76 Å². The Balaban J connectivity index is 1.60. The van der Waals surface area contributed by atoms with Crippen molar-refractivity contribution >= 4 is 17.0 Å². The van der Waals surface area contributed by atoms with Gasteiger partial charge in [-0.2, -0.15) is 5.10 Å². The van der Waals surface area contributed by atoms with Crippen LogP contribution in [0, 0.1) is 0 Å². The van der Waals surface area contributed by atoms with E-state index in [9.17, 15) is 14.7 Å². The van der Waals surface area contributed by atoms with Gasteiger partial charge in [0.25, 0.3) is 5.91 Å². The summed E-state index contributed by atoms with van der Waals surface area (Å²) in [7, 11) is 1.59. The summed E-state index contributed by atoms with van der Waals surface area (Å²) in [5.74, 6) is -0.626. The number of aromatic nitrogens is 3. The molecule has 0 fully saturated rings. The van der Waals surface area contributed by atoms with Gasteiger partial charge in [0.1, 0.15) is 6.10 Å². The molecule has 3 heterocycles. The van der Waals surface area contributed by atoms with Gasteiger partial charge in [0.15, 0.2) is 5.58 Å². The van der Waals surface area contributed by atoms with Crippen molar-refractivity contribution in [3.05, 3.63) is 51.8 Å². The van der Waals surface area contributed by atoms with E-state index < -0.39 is 18.5 Å². The highest BCUT2D eigenvalue weighted by atomic mass is 16.4. The number of oxazole rings is 1. The monoisotopic (exact) mass is 358 g/mol. The van der Waals surface area contributed by atoms with Gasteiger partial charge < -0.3 is 19.5 Å². The zero-order chi connectivity index (χ0) is 18.4. The zero-order valence-corrected chi connectivity index (χ0v) is 14.1. The molecule has 0 aliphatic carbocycles. The van der Waals surface area contributed by atoms with Crippen molar-refractivity contribution in [2.24, 2.45) is 7.05 Å². The number of aryl methyl sites for hydroxylation is 1. The fraction of sp³-hybridized carbons (Fsp3) is 0.353. The van der Waals surface area contributed by atoms with Gasteiger partial charge in [-0.15, -0.1) is 0 Å². The molecule has 1 aliphatic heterocycles. The van der Waals surface area contributed by atoms with Crippen LogP contribution in [0.3, 0.4) is 0 Å². The first-order valence-corrected chi connectivity index (χ1v) is 8.22. The highest BCUT2D eigenvalue weighted by molar-refractivity contribution is 5.97. The van der Waals surface area contributed by atoms with Crippen molar-refractivity contribution in [2.75, 3.05) is 13.2 Å². The lowest BCUT2D eigenvalue weighted by Gasteiger charge is -2.27. The average Bonchev–Trinajstić information content (AvgIpc) is 3.21. The second-order valence-electron chi connectivity index (χ2n) is 6.32. The summed E-state index contributed by atoms with van der Waals surface area (Å²) in [5, 5.41) is 23.0. The van der Waals surface area contributed by atoms with Crippen LogP contribution in [-0.2, 0) is 20.1 Å². The van der Waals surface area contributed by atoms with E-state index in [2.05, 4.69) is 5.10 Å². The number of rotatable bonds is 3. The lowest BCUT2D eigenvalue weighted by atomic mass is 10.1. The Morgan fingerprint density at radius 1 is 1.35 bits per heavy atom. The van der Waals surface area contributed by atoms with Crippen LogP contribution >= 0.6 is 0 Å². The molecule has 0 radical (unpaired) electrons. The smallest absolute Gasteiger partial charge is 0.408 e. The normalized spacial score (nSPS) is 15.3. The van der Waals surface area contributed by atoms with Gasteiger partial charge in [0, 0.05) is 19.2 Å². The molecule has 26 heavy (non-hydrogen) atoms. The summed E-state index contributed by atoms with van der Waals surface area (Å²) < 4.78 is 8.19. The number of aliphatic hydroxyl groups excluding tert-OH is 2. The van der Waals surface area contributed by atoms with E-state index in [0.29, 0.717) is 42.0 Å². The molecule has 0 saturated carbocycles. The number of amides is 1. The third kappa shape index (κ3) is 2.61. The molecule has 0 unspecified atom stereocenters. The number of fused-ring (bicyclic) bond motifs is 2. The second kappa shape index (κ2) is 6.11. The molecule has 136 valence electrons. The number of carbonyl (C=O) groups is 1. The number of hydrogen-bond acceptors (Lipinski definition) is 6. The molecule has 9 nitrogen and oxygen atoms in total. The number of carbonyl (C=O) groups excluding carboxylic acids is 1. The van der Waals surface area contributed by atoms with Gasteiger partial charge in [-0.25, -0.2) is 4.79 Å². The molecular weight excluding hydrogens is 340 g/mol. The summed E-state index contributed by atoms with van der Waals surface area (Å²) >= 11 is 0. The molecule has 4 rings (SSSR count). The molecule has 0 bridgehead atoms. The quantitative estimate of drug-likeness (QED) is 0.682. The van der Waals surface area contributed by atoms with Crippen LogP contribution < -0.4 is 5.76 Å². The van der Waals surface area contributed by atoms with E-state index in [4.69, 9.17) is 9.52 Å². The first kappa shape index (κ1) is 16.6. The lowest BCUT2D eigenvalue weighted by Crippen LogP contribution is -2.38. The molecule has 1 amide bonds. The van der Waals surface area contributed by atoms with Crippen LogP contribution in [0.25, 0.3) is 11.1 Å². The fourth-order valence-corrected chi connectivity index (χ4v) is 3.16. The number of benzene rings is 1. The maximum Gasteiger partial charge on any atom is 0.419 e. The molecule has 0 saturated heterocycles. The first-order valence-electron chi connectivity index (χ1n) is 8.22. The van der Waals surface area contributed by atoms with Crippen LogP contribution in [0.2, 0.25) is 0 Å². The van der Waals surface area contributed by atoms with Gasteiger partial charge in [0.2, 0.25) is 0 Å². The van der Waals surface area contributed by atoms with Crippen LogP contribution in [0.1, 0.15) is 27.8 Å². The Kier molecular flexibility index (Phi) is 3.89. The van der Waals surface area contributed by atoms with E-state index >= 15 is 0 Å². The van der Waals surface area contributed by atoms with Gasteiger partial charge in [-0.3, -0.25) is 14.0 Å². The molecule has 1 aromatic carbocycles. The summed E-state index contributed by atoms with van der Waals surface area (Å²) in [6, 6.07) is 6.60. The number of hydrogen-bond donors (Lipinski definition) is 2. The van der Waals surface area contributed by atoms with E-state index in [1.54, 1.807) is 40.9 Å². The molecule has 1 aliphatic rings. The molecule has 3 aromatic rings. The van der Waals surface area contributed by atoms with Crippen molar-refractivity contribution < 1.29 is 19.4 Å². The first-order chi connectivity index (χ1) is 12.5. The maximum atomic E-state index is 12.9. The Morgan fingerprint density at radius 3 is 2.92 bits per heavy atom. The standard InChI is InChI=1S/C17H18N4O5/c1-19-13-6-10(2-3-15(13)26-17(19)25)16(24)20-4-5-21-11(8-20)7-12(18-21)14(23)9-22/h2-3,6-7,14,22-23H,4-5,8-9H2,1H3/t14-/m0/s1. The third-order valence-corrected chi connectivity index (χ3v) is 4.66. The van der Waals surface area contributed by atoms with Gasteiger partial charge in [0.05, 0.1) is 36.6 Å². The van der Waals surface area contributed by atoms with Gasteiger partial charge in [-0.05, 0) is 24.3 Å². The molecule has 2 N–H and O–H groups in total. The summed E-state index contributed by atoms with van der Waals surface area (Å²) in [6.07, 6.45) is -1.03. The number of aliphatic hydroxyl groups is 2. The van der Waals surface area contributed by atoms with Crippen molar-refractivity contribution in [2.45, 2.75) is 19.2 Å². The summed E-state index contributed by atoms with van der Waals surface area (Å²) in [4.78, 5) is 26.1. The topological polar surface area (TPSA) is 114 Å². The molecule has 0 spiro atoms. The van der Waals surface area contributed by atoms with E-state index in [0.717, 1.165) is 5.69 Å². The van der Waals surface area contributed by atoms with Crippen molar-refractivity contribution in [3.8, 4) is 0 Å². The largest absolute Gasteiger partial charge is 0.419 e. The SMILES string of the molecule is Cn1c(=O)oc2ccc(C(=O)N3CCn4nc([C@@H](O)CO)cc4C3)cc21. The van der Waals surface area contributed by atoms with Crippen molar-refractivity contribution in [3.63, 3.8) is 0 Å². The van der Waals surface area contributed by atoms with Crippen LogP contribution in [-0.4, -0.2) is 48.5 Å². The highest BCUT2D eigenvalue weighted by Crippen LogP contribution is 2.21.